The molecule has 114 valence electrons. The van der Waals surface area contributed by atoms with Gasteiger partial charge in [0.1, 0.15) is 0 Å². The number of H-pyrrole nitrogens is 1. The molecule has 1 heterocycles. The zero-order valence-electron chi connectivity index (χ0n) is 12.3. The molecule has 0 bridgehead atoms. The fourth-order valence-electron chi connectivity index (χ4n) is 2.96. The third-order valence-corrected chi connectivity index (χ3v) is 4.51. The number of amides is 1. The highest BCUT2D eigenvalue weighted by atomic mass is 16.3. The zero-order chi connectivity index (χ0) is 15.1. The third-order valence-electron chi connectivity index (χ3n) is 4.51. The molecule has 1 aromatic heterocycles. The van der Waals surface area contributed by atoms with Crippen LogP contribution in [0.2, 0.25) is 0 Å². The zero-order valence-corrected chi connectivity index (χ0v) is 12.3. The van der Waals surface area contributed by atoms with E-state index >= 15 is 0 Å². The molecule has 2 aliphatic rings. The van der Waals surface area contributed by atoms with Crippen LogP contribution in [0.1, 0.15) is 37.7 Å². The summed E-state index contributed by atoms with van der Waals surface area (Å²) in [4.78, 5) is 11.9. The largest absolute Gasteiger partial charge is 0.393 e. The maximum Gasteiger partial charge on any atom is 0.228 e. The number of carbonyl (C=O) groups is 1. The standard InChI is InChI=1S/C17H19N3O2/c21-13-6-3-10(4-7-13)12-5-8-14-15(9-12)19-20-16(14)18-17(22)11-1-2-11/h3,5,8-9,11,13,21H,1-2,4,6-7H2,(H2,18,19,20,22). The van der Waals surface area contributed by atoms with Crippen LogP contribution in [0.5, 0.6) is 0 Å². The summed E-state index contributed by atoms with van der Waals surface area (Å²) in [5, 5.41) is 20.7. The van der Waals surface area contributed by atoms with Gasteiger partial charge < -0.3 is 10.4 Å². The number of anilines is 1. The summed E-state index contributed by atoms with van der Waals surface area (Å²) in [7, 11) is 0. The summed E-state index contributed by atoms with van der Waals surface area (Å²) in [6, 6.07) is 6.13. The minimum absolute atomic E-state index is 0.0708. The Labute approximate surface area is 128 Å². The number of nitrogens with one attached hydrogen (secondary N) is 2. The second-order valence-corrected chi connectivity index (χ2v) is 6.25. The van der Waals surface area contributed by atoms with E-state index in [9.17, 15) is 9.90 Å². The fourth-order valence-corrected chi connectivity index (χ4v) is 2.96. The number of carbonyl (C=O) groups excluding carboxylic acids is 1. The van der Waals surface area contributed by atoms with E-state index in [1.54, 1.807) is 0 Å². The van der Waals surface area contributed by atoms with Gasteiger partial charge in [0, 0.05) is 11.3 Å². The smallest absolute Gasteiger partial charge is 0.228 e. The number of aromatic nitrogens is 2. The van der Waals surface area contributed by atoms with Gasteiger partial charge in [-0.3, -0.25) is 9.89 Å². The highest BCUT2D eigenvalue weighted by Crippen LogP contribution is 2.32. The van der Waals surface area contributed by atoms with Gasteiger partial charge in [-0.05, 0) is 55.4 Å². The molecule has 4 rings (SSSR count). The van der Waals surface area contributed by atoms with E-state index in [-0.39, 0.29) is 17.9 Å². The molecule has 1 saturated carbocycles. The van der Waals surface area contributed by atoms with Crippen molar-refractivity contribution in [3.8, 4) is 0 Å². The van der Waals surface area contributed by atoms with Crippen LogP contribution >= 0.6 is 0 Å². The van der Waals surface area contributed by atoms with Crippen LogP contribution in [0.4, 0.5) is 5.82 Å². The molecule has 0 aliphatic heterocycles. The molecule has 1 fully saturated rings. The van der Waals surface area contributed by atoms with Crippen LogP contribution in [0.25, 0.3) is 16.5 Å². The Morgan fingerprint density at radius 1 is 1.32 bits per heavy atom. The average molecular weight is 297 g/mol. The summed E-state index contributed by atoms with van der Waals surface area (Å²) in [6.07, 6.45) is 6.31. The SMILES string of the molecule is O=C(Nc1n[nH]c2cc(C3=CCC(O)CC3)ccc12)C1CC1. The van der Waals surface area contributed by atoms with Crippen molar-refractivity contribution in [1.82, 2.24) is 10.2 Å². The van der Waals surface area contributed by atoms with Crippen molar-refractivity contribution in [3.63, 3.8) is 0 Å². The molecule has 5 nitrogen and oxygen atoms in total. The van der Waals surface area contributed by atoms with Crippen LogP contribution in [0.3, 0.4) is 0 Å². The van der Waals surface area contributed by atoms with Gasteiger partial charge in [-0.25, -0.2) is 0 Å². The number of aliphatic hydroxyl groups excluding tert-OH is 1. The Balaban J connectivity index is 1.61. The van der Waals surface area contributed by atoms with Crippen LogP contribution in [0, 0.1) is 5.92 Å². The molecule has 3 N–H and O–H groups in total. The number of rotatable bonds is 3. The first kappa shape index (κ1) is 13.5. The first-order valence-electron chi connectivity index (χ1n) is 7.87. The molecule has 0 radical (unpaired) electrons. The molecule has 2 aliphatic carbocycles. The molecule has 22 heavy (non-hydrogen) atoms. The first-order valence-corrected chi connectivity index (χ1v) is 7.87. The molecule has 1 unspecified atom stereocenters. The summed E-state index contributed by atoms with van der Waals surface area (Å²) in [5.41, 5.74) is 3.35. The van der Waals surface area contributed by atoms with Crippen molar-refractivity contribution in [3.05, 3.63) is 29.8 Å². The minimum atomic E-state index is -0.205. The number of benzene rings is 1. The van der Waals surface area contributed by atoms with Gasteiger partial charge in [-0.15, -0.1) is 0 Å². The first-order chi connectivity index (χ1) is 10.7. The molecule has 0 saturated heterocycles. The number of allylic oxidation sites excluding steroid dienone is 1. The van der Waals surface area contributed by atoms with Gasteiger partial charge in [0.25, 0.3) is 0 Å². The molecule has 1 amide bonds. The third kappa shape index (κ3) is 2.52. The minimum Gasteiger partial charge on any atom is -0.393 e. The summed E-state index contributed by atoms with van der Waals surface area (Å²) >= 11 is 0. The topological polar surface area (TPSA) is 78.0 Å². The highest BCUT2D eigenvalue weighted by molar-refractivity contribution is 6.01. The van der Waals surface area contributed by atoms with Crippen LogP contribution in [0.15, 0.2) is 24.3 Å². The maximum atomic E-state index is 11.9. The van der Waals surface area contributed by atoms with E-state index in [2.05, 4.69) is 33.7 Å². The molecular formula is C17H19N3O2. The summed E-state index contributed by atoms with van der Waals surface area (Å²) < 4.78 is 0. The van der Waals surface area contributed by atoms with Gasteiger partial charge in [0.15, 0.2) is 5.82 Å². The van der Waals surface area contributed by atoms with Gasteiger partial charge >= 0.3 is 0 Å². The lowest BCUT2D eigenvalue weighted by Crippen LogP contribution is -2.13. The molecular weight excluding hydrogens is 278 g/mol. The Hall–Kier alpha value is -2.14. The Morgan fingerprint density at radius 3 is 2.91 bits per heavy atom. The molecule has 1 aromatic carbocycles. The molecule has 2 aromatic rings. The predicted octanol–water partition coefficient (Wildman–Crippen LogP) is 2.84. The molecule has 5 heteroatoms. The van der Waals surface area contributed by atoms with Gasteiger partial charge in [-0.1, -0.05) is 12.1 Å². The summed E-state index contributed by atoms with van der Waals surface area (Å²) in [6.45, 7) is 0. The Kier molecular flexibility index (Phi) is 3.22. The van der Waals surface area contributed by atoms with Crippen molar-refractivity contribution in [2.24, 2.45) is 5.92 Å². The van der Waals surface area contributed by atoms with E-state index in [0.29, 0.717) is 5.82 Å². The van der Waals surface area contributed by atoms with Crippen LogP contribution in [-0.2, 0) is 4.79 Å². The maximum absolute atomic E-state index is 11.9. The van der Waals surface area contributed by atoms with E-state index in [1.807, 2.05) is 6.07 Å². The van der Waals surface area contributed by atoms with Gasteiger partial charge in [0.2, 0.25) is 5.91 Å². The van der Waals surface area contributed by atoms with Gasteiger partial charge in [0.05, 0.1) is 11.6 Å². The van der Waals surface area contributed by atoms with E-state index in [1.165, 1.54) is 5.57 Å². The van der Waals surface area contributed by atoms with Crippen molar-refractivity contribution < 1.29 is 9.90 Å². The summed E-state index contributed by atoms with van der Waals surface area (Å²) in [5.74, 6) is 0.859. The number of fused-ring (bicyclic) bond motifs is 1. The second-order valence-electron chi connectivity index (χ2n) is 6.25. The second kappa shape index (κ2) is 5.25. The number of aromatic amines is 1. The van der Waals surface area contributed by atoms with Crippen molar-refractivity contribution in [1.29, 1.82) is 0 Å². The highest BCUT2D eigenvalue weighted by Gasteiger charge is 2.30. The molecule has 0 spiro atoms. The fraction of sp³-hybridized carbons (Fsp3) is 0.412. The monoisotopic (exact) mass is 297 g/mol. The quantitative estimate of drug-likeness (QED) is 0.815. The lowest BCUT2D eigenvalue weighted by molar-refractivity contribution is -0.117. The Morgan fingerprint density at radius 2 is 2.18 bits per heavy atom. The van der Waals surface area contributed by atoms with Gasteiger partial charge in [-0.2, -0.15) is 5.10 Å². The molecule has 1 atom stereocenters. The van der Waals surface area contributed by atoms with Crippen molar-refractivity contribution in [2.45, 2.75) is 38.2 Å². The lowest BCUT2D eigenvalue weighted by Gasteiger charge is -2.17. The lowest BCUT2D eigenvalue weighted by atomic mass is 9.92. The average Bonchev–Trinajstić information content (AvgIpc) is 3.31. The Bertz CT molecular complexity index is 758. The normalized spacial score (nSPS) is 21.7. The van der Waals surface area contributed by atoms with Crippen molar-refractivity contribution >= 4 is 28.2 Å². The van der Waals surface area contributed by atoms with Crippen LogP contribution in [-0.4, -0.2) is 27.3 Å². The number of hydrogen-bond donors (Lipinski definition) is 3. The predicted molar refractivity (Wildman–Crippen MR) is 85.3 cm³/mol. The van der Waals surface area contributed by atoms with E-state index in [4.69, 9.17) is 0 Å². The van der Waals surface area contributed by atoms with E-state index < -0.39 is 0 Å². The van der Waals surface area contributed by atoms with Crippen molar-refractivity contribution in [2.75, 3.05) is 5.32 Å². The van der Waals surface area contributed by atoms with Crippen LogP contribution < -0.4 is 5.32 Å². The number of nitrogens with zero attached hydrogens (tertiary/aromatic N) is 1. The number of hydrogen-bond acceptors (Lipinski definition) is 3. The van der Waals surface area contributed by atoms with E-state index in [0.717, 1.165) is 48.6 Å². The number of aliphatic hydroxyl groups is 1.